The van der Waals surface area contributed by atoms with Crippen molar-refractivity contribution in [1.29, 1.82) is 0 Å². The maximum absolute atomic E-state index is 13.0. The Hall–Kier alpha value is -3.22. The number of aryl methyl sites for hydroxylation is 1. The lowest BCUT2D eigenvalue weighted by Gasteiger charge is -2.32. The molecule has 0 aliphatic carbocycles. The average molecular weight is 406 g/mol. The number of nitrogens with zero attached hydrogens (tertiary/aromatic N) is 5. The van der Waals surface area contributed by atoms with Crippen LogP contribution < -0.4 is 4.74 Å². The second-order valence-corrected chi connectivity index (χ2v) is 7.65. The SMILES string of the molecule is CCn1nnnc1COc1cccc(C(=O)N2CCC(Cc3ccccc3)CC2)c1. The van der Waals surface area contributed by atoms with E-state index >= 15 is 0 Å². The number of carbonyl (C=O) groups excluding carboxylic acids is 1. The van der Waals surface area contributed by atoms with Crippen LogP contribution in [0.5, 0.6) is 5.75 Å². The fraction of sp³-hybridized carbons (Fsp3) is 0.391. The van der Waals surface area contributed by atoms with E-state index in [0.29, 0.717) is 29.6 Å². The highest BCUT2D eigenvalue weighted by atomic mass is 16.5. The van der Waals surface area contributed by atoms with Gasteiger partial charge in [0.2, 0.25) is 0 Å². The summed E-state index contributed by atoms with van der Waals surface area (Å²) >= 11 is 0. The third-order valence-electron chi connectivity index (χ3n) is 5.62. The van der Waals surface area contributed by atoms with E-state index < -0.39 is 0 Å². The molecule has 3 aromatic rings. The van der Waals surface area contributed by atoms with Crippen molar-refractivity contribution in [3.8, 4) is 5.75 Å². The van der Waals surface area contributed by atoms with E-state index in [9.17, 15) is 4.79 Å². The molecular formula is C23H27N5O2. The van der Waals surface area contributed by atoms with E-state index in [1.807, 2.05) is 36.1 Å². The van der Waals surface area contributed by atoms with Gasteiger partial charge in [-0.05, 0) is 66.3 Å². The van der Waals surface area contributed by atoms with E-state index in [0.717, 1.165) is 32.4 Å². The average Bonchev–Trinajstić information content (AvgIpc) is 3.26. The molecule has 0 atom stereocenters. The fourth-order valence-electron chi connectivity index (χ4n) is 3.91. The summed E-state index contributed by atoms with van der Waals surface area (Å²) in [6, 6.07) is 18.0. The predicted molar refractivity (Wildman–Crippen MR) is 113 cm³/mol. The largest absolute Gasteiger partial charge is 0.486 e. The molecule has 7 nitrogen and oxygen atoms in total. The summed E-state index contributed by atoms with van der Waals surface area (Å²) in [6.07, 6.45) is 3.16. The van der Waals surface area contributed by atoms with Crippen LogP contribution in [-0.2, 0) is 19.6 Å². The van der Waals surface area contributed by atoms with Gasteiger partial charge in [0.15, 0.2) is 5.82 Å². The Kier molecular flexibility index (Phi) is 6.37. The third-order valence-corrected chi connectivity index (χ3v) is 5.62. The van der Waals surface area contributed by atoms with Crippen LogP contribution in [0.2, 0.25) is 0 Å². The van der Waals surface area contributed by atoms with Crippen molar-refractivity contribution in [2.75, 3.05) is 13.1 Å². The van der Waals surface area contributed by atoms with Gasteiger partial charge in [0.1, 0.15) is 12.4 Å². The second kappa shape index (κ2) is 9.52. The molecule has 1 aliphatic heterocycles. The zero-order valence-electron chi connectivity index (χ0n) is 17.3. The molecule has 1 fully saturated rings. The molecule has 30 heavy (non-hydrogen) atoms. The molecular weight excluding hydrogens is 378 g/mol. The maximum atomic E-state index is 13.0. The van der Waals surface area contributed by atoms with E-state index in [4.69, 9.17) is 4.74 Å². The number of likely N-dealkylation sites (tertiary alicyclic amines) is 1. The van der Waals surface area contributed by atoms with Crippen molar-refractivity contribution in [2.24, 2.45) is 5.92 Å². The quantitative estimate of drug-likeness (QED) is 0.603. The summed E-state index contributed by atoms with van der Waals surface area (Å²) < 4.78 is 7.51. The molecule has 1 amide bonds. The summed E-state index contributed by atoms with van der Waals surface area (Å²) in [7, 11) is 0. The van der Waals surface area contributed by atoms with Crippen molar-refractivity contribution >= 4 is 5.91 Å². The molecule has 2 heterocycles. The van der Waals surface area contributed by atoms with Crippen LogP contribution in [0.25, 0.3) is 0 Å². The number of tetrazole rings is 1. The van der Waals surface area contributed by atoms with Crippen LogP contribution in [0.15, 0.2) is 54.6 Å². The molecule has 0 radical (unpaired) electrons. The fourth-order valence-corrected chi connectivity index (χ4v) is 3.91. The number of hydrogen-bond acceptors (Lipinski definition) is 5. The standard InChI is InChI=1S/C23H27N5O2/c1-2-28-22(24-25-26-28)17-30-21-10-6-9-20(16-21)23(29)27-13-11-19(12-14-27)15-18-7-4-3-5-8-18/h3-10,16,19H,2,11-15,17H2,1H3. The lowest BCUT2D eigenvalue weighted by atomic mass is 9.90. The van der Waals surface area contributed by atoms with Gasteiger partial charge in [-0.25, -0.2) is 4.68 Å². The zero-order chi connectivity index (χ0) is 20.8. The highest BCUT2D eigenvalue weighted by Gasteiger charge is 2.24. The smallest absolute Gasteiger partial charge is 0.253 e. The van der Waals surface area contributed by atoms with Crippen LogP contribution in [0.3, 0.4) is 0 Å². The van der Waals surface area contributed by atoms with Gasteiger partial charge in [0.25, 0.3) is 5.91 Å². The topological polar surface area (TPSA) is 73.1 Å². The number of ether oxygens (including phenoxy) is 1. The first-order valence-electron chi connectivity index (χ1n) is 10.5. The first-order chi connectivity index (χ1) is 14.7. The number of aromatic nitrogens is 4. The molecule has 0 unspecified atom stereocenters. The van der Waals surface area contributed by atoms with Crippen molar-refractivity contribution in [3.63, 3.8) is 0 Å². The first kappa shape index (κ1) is 20.1. The van der Waals surface area contributed by atoms with Crippen molar-refractivity contribution < 1.29 is 9.53 Å². The number of benzene rings is 2. The summed E-state index contributed by atoms with van der Waals surface area (Å²) in [6.45, 7) is 4.52. The summed E-state index contributed by atoms with van der Waals surface area (Å²) in [5.41, 5.74) is 2.03. The van der Waals surface area contributed by atoms with E-state index in [1.54, 1.807) is 10.7 Å². The van der Waals surface area contributed by atoms with Gasteiger partial charge < -0.3 is 9.64 Å². The molecule has 156 valence electrons. The second-order valence-electron chi connectivity index (χ2n) is 7.65. The molecule has 2 aromatic carbocycles. The minimum absolute atomic E-state index is 0.0667. The van der Waals surface area contributed by atoms with Gasteiger partial charge >= 0.3 is 0 Å². The summed E-state index contributed by atoms with van der Waals surface area (Å²) in [5.74, 6) is 2.01. The predicted octanol–water partition coefficient (Wildman–Crippen LogP) is 3.37. The lowest BCUT2D eigenvalue weighted by Crippen LogP contribution is -2.38. The first-order valence-corrected chi connectivity index (χ1v) is 10.5. The third kappa shape index (κ3) is 4.84. The lowest BCUT2D eigenvalue weighted by molar-refractivity contribution is 0.0690. The molecule has 1 aliphatic rings. The molecule has 0 N–H and O–H groups in total. The minimum atomic E-state index is 0.0667. The number of hydrogen-bond donors (Lipinski definition) is 0. The highest BCUT2D eigenvalue weighted by molar-refractivity contribution is 5.94. The molecule has 0 bridgehead atoms. The zero-order valence-corrected chi connectivity index (χ0v) is 17.3. The molecule has 0 spiro atoms. The molecule has 1 aromatic heterocycles. The van der Waals surface area contributed by atoms with E-state index in [1.165, 1.54) is 5.56 Å². The van der Waals surface area contributed by atoms with Crippen LogP contribution in [0, 0.1) is 5.92 Å². The number of carbonyl (C=O) groups is 1. The van der Waals surface area contributed by atoms with Crippen LogP contribution in [0.1, 0.15) is 41.5 Å². The maximum Gasteiger partial charge on any atom is 0.253 e. The molecule has 7 heteroatoms. The van der Waals surface area contributed by atoms with E-state index in [2.05, 4.69) is 39.8 Å². The summed E-state index contributed by atoms with van der Waals surface area (Å²) in [4.78, 5) is 14.9. The van der Waals surface area contributed by atoms with Gasteiger partial charge in [0, 0.05) is 25.2 Å². The number of piperidine rings is 1. The number of amides is 1. The molecule has 0 saturated carbocycles. The van der Waals surface area contributed by atoms with Crippen molar-refractivity contribution in [1.82, 2.24) is 25.1 Å². The van der Waals surface area contributed by atoms with Gasteiger partial charge in [-0.15, -0.1) is 5.10 Å². The Bertz CT molecular complexity index is 964. The van der Waals surface area contributed by atoms with Crippen molar-refractivity contribution in [2.45, 2.75) is 39.3 Å². The van der Waals surface area contributed by atoms with Gasteiger partial charge in [-0.1, -0.05) is 36.4 Å². The Morgan fingerprint density at radius 3 is 2.67 bits per heavy atom. The minimum Gasteiger partial charge on any atom is -0.486 e. The van der Waals surface area contributed by atoms with Crippen LogP contribution >= 0.6 is 0 Å². The monoisotopic (exact) mass is 405 g/mol. The van der Waals surface area contributed by atoms with Crippen LogP contribution in [-0.4, -0.2) is 44.1 Å². The molecule has 1 saturated heterocycles. The van der Waals surface area contributed by atoms with Gasteiger partial charge in [-0.2, -0.15) is 0 Å². The Labute approximate surface area is 176 Å². The normalized spacial score (nSPS) is 14.6. The summed E-state index contributed by atoms with van der Waals surface area (Å²) in [5, 5.41) is 11.5. The Morgan fingerprint density at radius 2 is 1.90 bits per heavy atom. The number of rotatable bonds is 7. The van der Waals surface area contributed by atoms with Crippen LogP contribution in [0.4, 0.5) is 0 Å². The van der Waals surface area contributed by atoms with Gasteiger partial charge in [-0.3, -0.25) is 4.79 Å². The Morgan fingerprint density at radius 1 is 1.10 bits per heavy atom. The van der Waals surface area contributed by atoms with Crippen molar-refractivity contribution in [3.05, 3.63) is 71.5 Å². The van der Waals surface area contributed by atoms with E-state index in [-0.39, 0.29) is 12.5 Å². The molecule has 4 rings (SSSR count). The van der Waals surface area contributed by atoms with Gasteiger partial charge in [0.05, 0.1) is 0 Å². The highest BCUT2D eigenvalue weighted by Crippen LogP contribution is 2.24. The Balaban J connectivity index is 1.32.